The third kappa shape index (κ3) is 2.61. The van der Waals surface area contributed by atoms with E-state index in [-0.39, 0.29) is 5.91 Å². The molecule has 18 heavy (non-hydrogen) atoms. The average Bonchev–Trinajstić information content (AvgIpc) is 2.46. The Morgan fingerprint density at radius 2 is 2.44 bits per heavy atom. The molecule has 1 aliphatic rings. The maximum absolute atomic E-state index is 12.4. The largest absolute Gasteiger partial charge is 0.480 e. The number of carbonyl (C=O) groups is 1. The number of piperidine rings is 1. The van der Waals surface area contributed by atoms with Crippen LogP contribution < -0.4 is 10.1 Å². The number of carbonyl (C=O) groups excluding carboxylic acids is 1. The van der Waals surface area contributed by atoms with E-state index in [1.54, 1.807) is 18.3 Å². The van der Waals surface area contributed by atoms with Crippen LogP contribution in [-0.4, -0.2) is 49.1 Å². The van der Waals surface area contributed by atoms with Crippen LogP contribution in [0.3, 0.4) is 0 Å². The highest BCUT2D eigenvalue weighted by atomic mass is 16.5. The second-order valence-corrected chi connectivity index (χ2v) is 4.44. The molecule has 0 aromatic carbocycles. The molecule has 1 fully saturated rings. The first-order chi connectivity index (χ1) is 8.76. The first-order valence-corrected chi connectivity index (χ1v) is 6.21. The molecule has 1 saturated heterocycles. The quantitative estimate of drug-likeness (QED) is 0.865. The molecule has 5 nitrogen and oxygen atoms in total. The number of hydrogen-bond acceptors (Lipinski definition) is 4. The summed E-state index contributed by atoms with van der Waals surface area (Å²) in [6.45, 7) is 1.54. The molecule has 98 valence electrons. The number of pyridine rings is 1. The van der Waals surface area contributed by atoms with E-state index in [1.807, 2.05) is 11.9 Å². The highest BCUT2D eigenvalue weighted by Gasteiger charge is 2.25. The molecule has 1 atom stereocenters. The topological polar surface area (TPSA) is 54.5 Å². The first kappa shape index (κ1) is 12.8. The van der Waals surface area contributed by atoms with E-state index in [1.165, 1.54) is 7.11 Å². The van der Waals surface area contributed by atoms with Gasteiger partial charge in [-0.05, 0) is 32.0 Å². The zero-order chi connectivity index (χ0) is 13.0. The number of methoxy groups -OCH3 is 1. The fourth-order valence-corrected chi connectivity index (χ4v) is 2.28. The lowest BCUT2D eigenvalue weighted by Crippen LogP contribution is -2.47. The molecule has 1 aromatic rings. The Bertz CT molecular complexity index is 422. The minimum Gasteiger partial charge on any atom is -0.480 e. The Morgan fingerprint density at radius 3 is 3.17 bits per heavy atom. The van der Waals surface area contributed by atoms with E-state index in [4.69, 9.17) is 4.74 Å². The van der Waals surface area contributed by atoms with Crippen LogP contribution in [-0.2, 0) is 0 Å². The number of hydrogen-bond donors (Lipinski definition) is 1. The van der Waals surface area contributed by atoms with Gasteiger partial charge in [-0.3, -0.25) is 4.79 Å². The average molecular weight is 249 g/mol. The van der Waals surface area contributed by atoms with Crippen LogP contribution in [0.2, 0.25) is 0 Å². The van der Waals surface area contributed by atoms with Gasteiger partial charge < -0.3 is 15.0 Å². The summed E-state index contributed by atoms with van der Waals surface area (Å²) in [6.07, 6.45) is 3.77. The van der Waals surface area contributed by atoms with Crippen LogP contribution in [0.15, 0.2) is 18.3 Å². The number of aromatic nitrogens is 1. The molecular weight excluding hydrogens is 230 g/mol. The predicted octanol–water partition coefficient (Wildman–Crippen LogP) is 0.914. The van der Waals surface area contributed by atoms with Gasteiger partial charge in [-0.15, -0.1) is 0 Å². The molecule has 0 saturated carbocycles. The van der Waals surface area contributed by atoms with E-state index in [2.05, 4.69) is 10.3 Å². The van der Waals surface area contributed by atoms with Crippen LogP contribution in [0.4, 0.5) is 0 Å². The molecule has 1 aliphatic heterocycles. The Labute approximate surface area is 107 Å². The monoisotopic (exact) mass is 249 g/mol. The summed E-state index contributed by atoms with van der Waals surface area (Å²) in [4.78, 5) is 18.4. The highest BCUT2D eigenvalue weighted by molar-refractivity contribution is 5.96. The maximum atomic E-state index is 12.4. The van der Waals surface area contributed by atoms with Gasteiger partial charge in [0.25, 0.3) is 5.91 Å². The summed E-state index contributed by atoms with van der Waals surface area (Å²) >= 11 is 0. The predicted molar refractivity (Wildman–Crippen MR) is 68.8 cm³/mol. The molecule has 2 rings (SSSR count). The van der Waals surface area contributed by atoms with Crippen LogP contribution in [0.25, 0.3) is 0 Å². The van der Waals surface area contributed by atoms with Crippen molar-refractivity contribution >= 4 is 5.91 Å². The van der Waals surface area contributed by atoms with E-state index in [0.717, 1.165) is 25.9 Å². The van der Waals surface area contributed by atoms with Gasteiger partial charge in [-0.2, -0.15) is 0 Å². The zero-order valence-corrected chi connectivity index (χ0v) is 10.8. The maximum Gasteiger partial charge on any atom is 0.259 e. The zero-order valence-electron chi connectivity index (χ0n) is 10.8. The Kier molecular flexibility index (Phi) is 4.15. The summed E-state index contributed by atoms with van der Waals surface area (Å²) in [5.74, 6) is 0.397. The van der Waals surface area contributed by atoms with Crippen molar-refractivity contribution < 1.29 is 9.53 Å². The van der Waals surface area contributed by atoms with Crippen LogP contribution in [0.1, 0.15) is 23.2 Å². The van der Waals surface area contributed by atoms with Gasteiger partial charge >= 0.3 is 0 Å². The lowest BCUT2D eigenvalue weighted by molar-refractivity contribution is 0.0694. The number of rotatable bonds is 3. The summed E-state index contributed by atoms with van der Waals surface area (Å²) < 4.78 is 5.14. The standard InChI is InChI=1S/C13H19N3O2/c1-14-10-5-4-8-16(9-10)13(17)11-6-3-7-15-12(11)18-2/h3,6-7,10,14H,4-5,8-9H2,1-2H3. The molecule has 1 unspecified atom stereocenters. The summed E-state index contributed by atoms with van der Waals surface area (Å²) in [5.41, 5.74) is 0.539. The number of nitrogens with one attached hydrogen (secondary N) is 1. The van der Waals surface area contributed by atoms with Gasteiger partial charge in [0.15, 0.2) is 0 Å². The fourth-order valence-electron chi connectivity index (χ4n) is 2.28. The van der Waals surface area contributed by atoms with Crippen LogP contribution in [0, 0.1) is 0 Å². The van der Waals surface area contributed by atoms with E-state index in [0.29, 0.717) is 17.5 Å². The molecule has 0 bridgehead atoms. The van der Waals surface area contributed by atoms with Gasteiger partial charge in [-0.1, -0.05) is 0 Å². The summed E-state index contributed by atoms with van der Waals surface area (Å²) in [5, 5.41) is 3.23. The first-order valence-electron chi connectivity index (χ1n) is 6.21. The lowest BCUT2D eigenvalue weighted by atomic mass is 10.0. The Hall–Kier alpha value is -1.62. The molecule has 5 heteroatoms. The third-order valence-electron chi connectivity index (χ3n) is 3.31. The third-order valence-corrected chi connectivity index (χ3v) is 3.31. The molecule has 0 radical (unpaired) electrons. The Balaban J connectivity index is 2.15. The number of likely N-dealkylation sites (N-methyl/N-ethyl adjacent to an activating group) is 1. The second-order valence-electron chi connectivity index (χ2n) is 4.44. The van der Waals surface area contributed by atoms with E-state index < -0.39 is 0 Å². The van der Waals surface area contributed by atoms with Crippen LogP contribution in [0.5, 0.6) is 5.88 Å². The van der Waals surface area contributed by atoms with Crippen molar-refractivity contribution in [2.24, 2.45) is 0 Å². The second kappa shape index (κ2) is 5.82. The van der Waals surface area contributed by atoms with Crippen molar-refractivity contribution in [2.75, 3.05) is 27.2 Å². The van der Waals surface area contributed by atoms with Crippen molar-refractivity contribution in [1.29, 1.82) is 0 Å². The normalized spacial score (nSPS) is 19.7. The van der Waals surface area contributed by atoms with Crippen molar-refractivity contribution in [3.05, 3.63) is 23.9 Å². The SMILES string of the molecule is CNC1CCCN(C(=O)c2cccnc2OC)C1. The molecular formula is C13H19N3O2. The fraction of sp³-hybridized carbons (Fsp3) is 0.538. The molecule has 1 N–H and O–H groups in total. The van der Waals surface area contributed by atoms with Crippen LogP contribution >= 0.6 is 0 Å². The minimum absolute atomic E-state index is 0.0000926. The van der Waals surface area contributed by atoms with E-state index >= 15 is 0 Å². The number of nitrogens with zero attached hydrogens (tertiary/aromatic N) is 2. The van der Waals surface area contributed by atoms with Gasteiger partial charge in [0.05, 0.1) is 7.11 Å². The van der Waals surface area contributed by atoms with E-state index in [9.17, 15) is 4.79 Å². The Morgan fingerprint density at radius 1 is 1.61 bits per heavy atom. The van der Waals surface area contributed by atoms with Crippen molar-refractivity contribution in [2.45, 2.75) is 18.9 Å². The van der Waals surface area contributed by atoms with Crippen molar-refractivity contribution in [3.63, 3.8) is 0 Å². The lowest BCUT2D eigenvalue weighted by Gasteiger charge is -2.32. The molecule has 0 spiro atoms. The molecule has 1 aromatic heterocycles. The van der Waals surface area contributed by atoms with Gasteiger partial charge in [0.2, 0.25) is 5.88 Å². The number of amides is 1. The molecule has 1 amide bonds. The van der Waals surface area contributed by atoms with Gasteiger partial charge in [-0.25, -0.2) is 4.98 Å². The summed E-state index contributed by atoms with van der Waals surface area (Å²) in [7, 11) is 3.47. The minimum atomic E-state index is -0.0000926. The summed E-state index contributed by atoms with van der Waals surface area (Å²) in [6, 6.07) is 3.90. The number of likely N-dealkylation sites (tertiary alicyclic amines) is 1. The molecule has 2 heterocycles. The highest BCUT2D eigenvalue weighted by Crippen LogP contribution is 2.19. The molecule has 0 aliphatic carbocycles. The van der Waals surface area contributed by atoms with Crippen molar-refractivity contribution in [3.8, 4) is 5.88 Å². The van der Waals surface area contributed by atoms with Gasteiger partial charge in [0.1, 0.15) is 5.56 Å². The number of ether oxygens (including phenoxy) is 1. The van der Waals surface area contributed by atoms with Gasteiger partial charge in [0, 0.05) is 25.3 Å². The van der Waals surface area contributed by atoms with Crippen molar-refractivity contribution in [1.82, 2.24) is 15.2 Å². The smallest absolute Gasteiger partial charge is 0.259 e.